The molecule has 0 saturated carbocycles. The zero-order valence-electron chi connectivity index (χ0n) is 25.1. The van der Waals surface area contributed by atoms with Gasteiger partial charge in [0.2, 0.25) is 0 Å². The number of benzene rings is 4. The molecule has 4 aromatic carbocycles. The highest BCUT2D eigenvalue weighted by atomic mass is 19.1. The molecule has 1 heterocycles. The van der Waals surface area contributed by atoms with Crippen LogP contribution < -0.4 is 10.3 Å². The molecule has 0 saturated heterocycles. The monoisotopic (exact) mass is 595 g/mol. The van der Waals surface area contributed by atoms with E-state index < -0.39 is 5.82 Å². The molecule has 1 aromatic heterocycles. The molecule has 0 fully saturated rings. The Labute approximate surface area is 262 Å². The highest BCUT2D eigenvalue weighted by Gasteiger charge is 2.22. The fourth-order valence-corrected chi connectivity index (χ4v) is 5.48. The minimum atomic E-state index is -0.562. The molecule has 0 spiro atoms. The summed E-state index contributed by atoms with van der Waals surface area (Å²) < 4.78 is 23.6. The van der Waals surface area contributed by atoms with Crippen LogP contribution in [0.5, 0.6) is 5.75 Å². The summed E-state index contributed by atoms with van der Waals surface area (Å²) in [5.74, 6) is -0.210. The Bertz CT molecular complexity index is 1910. The van der Waals surface area contributed by atoms with Crippen LogP contribution in [-0.2, 0) is 19.6 Å². The van der Waals surface area contributed by atoms with E-state index in [0.717, 1.165) is 28.8 Å². The molecule has 0 bridgehead atoms. The van der Waals surface area contributed by atoms with Gasteiger partial charge in [-0.1, -0.05) is 121 Å². The number of rotatable bonds is 10. The van der Waals surface area contributed by atoms with Crippen LogP contribution in [0.4, 0.5) is 10.1 Å². The molecule has 5 aromatic rings. The molecule has 1 aliphatic rings. The van der Waals surface area contributed by atoms with Gasteiger partial charge in [-0.2, -0.15) is 0 Å². The standard InChI is InChI=1S/C39H34FN3O2/c1-28-36(42-37(31-19-10-4-11-20-31)32-21-12-5-13-22-32)39(44)43(26-25-29-15-6-2-7-16-29)38(41-28)33-23-14-24-34(35(33)40)45-27-30-17-8-3-9-18-30/h2-21,23-24,32H,22,25-27H2,1H3/b42-37+. The van der Waals surface area contributed by atoms with E-state index in [9.17, 15) is 4.79 Å². The Hall–Kier alpha value is -5.36. The maximum Gasteiger partial charge on any atom is 0.279 e. The van der Waals surface area contributed by atoms with E-state index in [2.05, 4.69) is 12.2 Å². The molecule has 5 nitrogen and oxygen atoms in total. The molecule has 6 rings (SSSR count). The van der Waals surface area contributed by atoms with Crippen molar-refractivity contribution in [3.8, 4) is 17.1 Å². The molecule has 0 aliphatic heterocycles. The van der Waals surface area contributed by atoms with Crippen molar-refractivity contribution in [2.45, 2.75) is 32.9 Å². The smallest absolute Gasteiger partial charge is 0.279 e. The highest BCUT2D eigenvalue weighted by molar-refractivity contribution is 6.05. The zero-order chi connectivity index (χ0) is 31.0. The molecule has 45 heavy (non-hydrogen) atoms. The lowest BCUT2D eigenvalue weighted by molar-refractivity contribution is 0.290. The Kier molecular flexibility index (Phi) is 9.21. The Morgan fingerprint density at radius 3 is 2.27 bits per heavy atom. The molecule has 1 atom stereocenters. The fourth-order valence-electron chi connectivity index (χ4n) is 5.48. The predicted octanol–water partition coefficient (Wildman–Crippen LogP) is 8.43. The summed E-state index contributed by atoms with van der Waals surface area (Å²) in [6.45, 7) is 2.28. The van der Waals surface area contributed by atoms with Gasteiger partial charge >= 0.3 is 0 Å². The molecule has 0 radical (unpaired) electrons. The highest BCUT2D eigenvalue weighted by Crippen LogP contribution is 2.30. The lowest BCUT2D eigenvalue weighted by atomic mass is 9.91. The van der Waals surface area contributed by atoms with E-state index in [0.29, 0.717) is 18.7 Å². The van der Waals surface area contributed by atoms with Gasteiger partial charge in [-0.15, -0.1) is 0 Å². The van der Waals surface area contributed by atoms with Crippen LogP contribution in [0.25, 0.3) is 11.4 Å². The fraction of sp³-hybridized carbons (Fsp3) is 0.154. The first-order chi connectivity index (χ1) is 22.1. The van der Waals surface area contributed by atoms with Gasteiger partial charge in [-0.05, 0) is 48.6 Å². The summed E-state index contributed by atoms with van der Waals surface area (Å²) in [4.78, 5) is 24.3. The average Bonchev–Trinajstić information content (AvgIpc) is 3.09. The molecular weight excluding hydrogens is 561 g/mol. The van der Waals surface area contributed by atoms with Crippen LogP contribution >= 0.6 is 0 Å². The van der Waals surface area contributed by atoms with E-state index in [1.807, 2.05) is 103 Å². The van der Waals surface area contributed by atoms with Crippen LogP contribution in [0.1, 0.15) is 28.8 Å². The first-order valence-electron chi connectivity index (χ1n) is 15.2. The number of allylic oxidation sites excluding steroid dienone is 4. The number of halogens is 1. The maximum absolute atomic E-state index is 16.1. The number of aryl methyl sites for hydroxylation is 2. The summed E-state index contributed by atoms with van der Waals surface area (Å²) in [6.07, 6.45) is 9.57. The van der Waals surface area contributed by atoms with Crippen molar-refractivity contribution in [1.82, 2.24) is 9.55 Å². The number of aliphatic imine (C=N–C) groups is 1. The number of nitrogens with zero attached hydrogens (tertiary/aromatic N) is 3. The summed E-state index contributed by atoms with van der Waals surface area (Å²) in [7, 11) is 0. The zero-order valence-corrected chi connectivity index (χ0v) is 25.1. The molecule has 1 unspecified atom stereocenters. The van der Waals surface area contributed by atoms with Gasteiger partial charge in [0.25, 0.3) is 5.56 Å². The Morgan fingerprint density at radius 2 is 1.58 bits per heavy atom. The van der Waals surface area contributed by atoms with Gasteiger partial charge in [0.15, 0.2) is 11.6 Å². The normalized spacial score (nSPS) is 14.4. The number of aromatic nitrogens is 2. The predicted molar refractivity (Wildman–Crippen MR) is 179 cm³/mol. The average molecular weight is 596 g/mol. The first-order valence-corrected chi connectivity index (χ1v) is 15.2. The van der Waals surface area contributed by atoms with Gasteiger partial charge in [-0.25, -0.2) is 14.4 Å². The minimum Gasteiger partial charge on any atom is -0.486 e. The van der Waals surface area contributed by atoms with Crippen LogP contribution in [0.3, 0.4) is 0 Å². The van der Waals surface area contributed by atoms with E-state index in [1.165, 1.54) is 0 Å². The Balaban J connectivity index is 1.46. The topological polar surface area (TPSA) is 56.5 Å². The van der Waals surface area contributed by atoms with Crippen LogP contribution in [0.15, 0.2) is 143 Å². The van der Waals surface area contributed by atoms with E-state index in [-0.39, 0.29) is 40.9 Å². The van der Waals surface area contributed by atoms with Crippen LogP contribution in [0, 0.1) is 18.7 Å². The SMILES string of the molecule is Cc1nc(-c2cccc(OCc3ccccc3)c2F)n(CCc2ccccc2)c(=O)c1/N=C(\c1ccccc1)C1C=CC=CC1. The van der Waals surface area contributed by atoms with Crippen molar-refractivity contribution >= 4 is 11.4 Å². The van der Waals surface area contributed by atoms with Gasteiger partial charge in [0.1, 0.15) is 18.1 Å². The van der Waals surface area contributed by atoms with Gasteiger partial charge in [0, 0.05) is 12.5 Å². The summed E-state index contributed by atoms with van der Waals surface area (Å²) >= 11 is 0. The minimum absolute atomic E-state index is 0.00420. The van der Waals surface area contributed by atoms with Crippen molar-refractivity contribution in [2.75, 3.05) is 0 Å². The van der Waals surface area contributed by atoms with Crippen molar-refractivity contribution in [3.63, 3.8) is 0 Å². The van der Waals surface area contributed by atoms with Crippen molar-refractivity contribution in [3.05, 3.63) is 172 Å². The second kappa shape index (κ2) is 14.0. The van der Waals surface area contributed by atoms with Gasteiger partial charge < -0.3 is 4.74 Å². The molecule has 6 heteroatoms. The third-order valence-electron chi connectivity index (χ3n) is 7.86. The Morgan fingerprint density at radius 1 is 0.889 bits per heavy atom. The lowest BCUT2D eigenvalue weighted by Crippen LogP contribution is -2.26. The maximum atomic E-state index is 16.1. The number of ether oxygens (including phenoxy) is 1. The molecule has 0 N–H and O–H groups in total. The quantitative estimate of drug-likeness (QED) is 0.152. The van der Waals surface area contributed by atoms with E-state index >= 15 is 4.39 Å². The van der Waals surface area contributed by atoms with Gasteiger partial charge in [-0.3, -0.25) is 9.36 Å². The first kappa shape index (κ1) is 29.7. The van der Waals surface area contributed by atoms with Crippen molar-refractivity contribution < 1.29 is 9.13 Å². The van der Waals surface area contributed by atoms with Gasteiger partial charge in [0.05, 0.1) is 17.0 Å². The second-order valence-electron chi connectivity index (χ2n) is 11.0. The largest absolute Gasteiger partial charge is 0.486 e. The number of hydrogen-bond donors (Lipinski definition) is 0. The third kappa shape index (κ3) is 6.91. The molecule has 224 valence electrons. The molecular formula is C39H34FN3O2. The summed E-state index contributed by atoms with van der Waals surface area (Å²) in [6, 6.07) is 34.4. The van der Waals surface area contributed by atoms with Crippen LogP contribution in [0.2, 0.25) is 0 Å². The molecule has 0 amide bonds. The van der Waals surface area contributed by atoms with E-state index in [4.69, 9.17) is 14.7 Å². The molecule has 1 aliphatic carbocycles. The number of hydrogen-bond acceptors (Lipinski definition) is 4. The third-order valence-corrected chi connectivity index (χ3v) is 7.86. The van der Waals surface area contributed by atoms with E-state index in [1.54, 1.807) is 29.7 Å². The lowest BCUT2D eigenvalue weighted by Gasteiger charge is -2.19. The van der Waals surface area contributed by atoms with Crippen LogP contribution in [-0.4, -0.2) is 15.3 Å². The summed E-state index contributed by atoms with van der Waals surface area (Å²) in [5, 5.41) is 0. The van der Waals surface area contributed by atoms with Crippen molar-refractivity contribution in [2.24, 2.45) is 10.9 Å². The van der Waals surface area contributed by atoms with Crippen molar-refractivity contribution in [1.29, 1.82) is 0 Å². The second-order valence-corrected chi connectivity index (χ2v) is 11.0. The summed E-state index contributed by atoms with van der Waals surface area (Å²) in [5.41, 5.74) is 4.30.